The number of methoxy groups -OCH3 is 1. The number of carbonyl (C=O) groups is 1. The predicted molar refractivity (Wildman–Crippen MR) is 58.6 cm³/mol. The molecule has 0 bridgehead atoms. The number of rotatable bonds is 4. The van der Waals surface area contributed by atoms with E-state index < -0.39 is 0 Å². The van der Waals surface area contributed by atoms with E-state index in [1.807, 2.05) is 13.8 Å². The van der Waals surface area contributed by atoms with Gasteiger partial charge in [0.15, 0.2) is 0 Å². The normalized spacial score (nSPS) is 18.9. The van der Waals surface area contributed by atoms with Crippen LogP contribution in [0.2, 0.25) is 0 Å². The lowest BCUT2D eigenvalue weighted by Crippen LogP contribution is -2.38. The van der Waals surface area contributed by atoms with E-state index in [-0.39, 0.29) is 18.2 Å². The first kappa shape index (κ1) is 12.5. The van der Waals surface area contributed by atoms with Crippen LogP contribution in [0, 0.1) is 5.92 Å². The molecule has 1 aliphatic carbocycles. The summed E-state index contributed by atoms with van der Waals surface area (Å²) in [6.45, 7) is 4.07. The van der Waals surface area contributed by atoms with Gasteiger partial charge in [0.05, 0.1) is 0 Å². The second kappa shape index (κ2) is 5.50. The van der Waals surface area contributed by atoms with Crippen LogP contribution in [0.4, 0.5) is 0 Å². The summed E-state index contributed by atoms with van der Waals surface area (Å²) in [4.78, 5) is 11.4. The second-order valence-electron chi connectivity index (χ2n) is 4.85. The molecule has 0 heterocycles. The van der Waals surface area contributed by atoms with Gasteiger partial charge in [-0.3, -0.25) is 0 Å². The van der Waals surface area contributed by atoms with Crippen molar-refractivity contribution < 1.29 is 14.3 Å². The van der Waals surface area contributed by atoms with E-state index >= 15 is 0 Å². The highest BCUT2D eigenvalue weighted by molar-refractivity contribution is 5.71. The maximum atomic E-state index is 11.4. The molecule has 0 aromatic carbocycles. The van der Waals surface area contributed by atoms with Crippen molar-refractivity contribution in [3.05, 3.63) is 0 Å². The summed E-state index contributed by atoms with van der Waals surface area (Å²) in [5, 5.41) is 0. The van der Waals surface area contributed by atoms with Gasteiger partial charge in [0.25, 0.3) is 0 Å². The maximum Gasteiger partial charge on any atom is 0.332 e. The van der Waals surface area contributed by atoms with Gasteiger partial charge in [-0.25, -0.2) is 4.79 Å². The molecule has 0 aliphatic heterocycles. The van der Waals surface area contributed by atoms with E-state index in [0.29, 0.717) is 5.92 Å². The molecule has 1 saturated carbocycles. The van der Waals surface area contributed by atoms with Crippen molar-refractivity contribution >= 4 is 5.97 Å². The van der Waals surface area contributed by atoms with Gasteiger partial charge in [-0.2, -0.15) is 0 Å². The summed E-state index contributed by atoms with van der Waals surface area (Å²) in [5.41, 5.74) is -0.337. The van der Waals surface area contributed by atoms with Crippen LogP contribution >= 0.6 is 0 Å². The number of ether oxygens (including phenoxy) is 2. The fraction of sp³-hybridized carbons (Fsp3) is 0.917. The van der Waals surface area contributed by atoms with Crippen LogP contribution < -0.4 is 0 Å². The molecule has 88 valence electrons. The number of hydrogen-bond acceptors (Lipinski definition) is 3. The number of hydrogen-bond donors (Lipinski definition) is 0. The van der Waals surface area contributed by atoms with Gasteiger partial charge in [-0.15, -0.1) is 0 Å². The number of esters is 1. The van der Waals surface area contributed by atoms with Crippen molar-refractivity contribution in [2.24, 2.45) is 5.92 Å². The molecule has 0 radical (unpaired) electrons. The molecule has 0 unspecified atom stereocenters. The third-order valence-corrected chi connectivity index (χ3v) is 3.23. The van der Waals surface area contributed by atoms with Crippen molar-refractivity contribution in [1.82, 2.24) is 0 Å². The van der Waals surface area contributed by atoms with Gasteiger partial charge in [0, 0.05) is 7.11 Å². The summed E-state index contributed by atoms with van der Waals surface area (Å²) >= 11 is 0. The molecule has 1 rings (SSSR count). The zero-order chi connectivity index (χ0) is 11.3. The first-order chi connectivity index (χ1) is 7.06. The molecule has 0 atom stereocenters. The fourth-order valence-electron chi connectivity index (χ4n) is 2.32. The van der Waals surface area contributed by atoms with E-state index in [2.05, 4.69) is 0 Å². The van der Waals surface area contributed by atoms with Crippen molar-refractivity contribution in [2.45, 2.75) is 51.6 Å². The SMILES string of the molecule is COCC(=O)OC(C)(C)C1CCCCC1. The molecule has 1 aliphatic rings. The Morgan fingerprint density at radius 2 is 1.87 bits per heavy atom. The molecule has 3 nitrogen and oxygen atoms in total. The van der Waals surface area contributed by atoms with E-state index in [0.717, 1.165) is 0 Å². The molecular weight excluding hydrogens is 192 g/mol. The Labute approximate surface area is 92.1 Å². The monoisotopic (exact) mass is 214 g/mol. The van der Waals surface area contributed by atoms with Gasteiger partial charge in [-0.05, 0) is 32.6 Å². The lowest BCUT2D eigenvalue weighted by molar-refractivity contribution is -0.167. The minimum absolute atomic E-state index is 0.0517. The zero-order valence-corrected chi connectivity index (χ0v) is 10.0. The van der Waals surface area contributed by atoms with E-state index in [9.17, 15) is 4.79 Å². The van der Waals surface area contributed by atoms with Crippen LogP contribution in [0.15, 0.2) is 0 Å². The fourth-order valence-corrected chi connectivity index (χ4v) is 2.32. The average molecular weight is 214 g/mol. The topological polar surface area (TPSA) is 35.5 Å². The minimum Gasteiger partial charge on any atom is -0.458 e. The first-order valence-corrected chi connectivity index (χ1v) is 5.77. The Morgan fingerprint density at radius 1 is 1.27 bits per heavy atom. The van der Waals surface area contributed by atoms with E-state index in [1.54, 1.807) is 0 Å². The van der Waals surface area contributed by atoms with Gasteiger partial charge in [0.1, 0.15) is 12.2 Å². The van der Waals surface area contributed by atoms with Crippen LogP contribution in [0.25, 0.3) is 0 Å². The Bertz CT molecular complexity index is 205. The van der Waals surface area contributed by atoms with Crippen LogP contribution in [-0.4, -0.2) is 25.3 Å². The Kier molecular flexibility index (Phi) is 4.58. The van der Waals surface area contributed by atoms with Gasteiger partial charge in [0.2, 0.25) is 0 Å². The molecule has 0 aromatic heterocycles. The van der Waals surface area contributed by atoms with Crippen molar-refractivity contribution in [2.75, 3.05) is 13.7 Å². The molecular formula is C12H22O3. The summed E-state index contributed by atoms with van der Waals surface area (Å²) < 4.78 is 10.2. The Hall–Kier alpha value is -0.570. The standard InChI is InChI=1S/C12H22O3/c1-12(2,15-11(13)9-14-3)10-7-5-4-6-8-10/h10H,4-9H2,1-3H3. The van der Waals surface area contributed by atoms with Crippen LogP contribution in [0.1, 0.15) is 46.0 Å². The highest BCUT2D eigenvalue weighted by Crippen LogP contribution is 2.34. The molecule has 15 heavy (non-hydrogen) atoms. The van der Waals surface area contributed by atoms with Crippen molar-refractivity contribution in [1.29, 1.82) is 0 Å². The zero-order valence-electron chi connectivity index (χ0n) is 10.0. The minimum atomic E-state index is -0.337. The maximum absolute atomic E-state index is 11.4. The van der Waals surface area contributed by atoms with Crippen LogP contribution in [-0.2, 0) is 14.3 Å². The van der Waals surface area contributed by atoms with Crippen LogP contribution in [0.5, 0.6) is 0 Å². The summed E-state index contributed by atoms with van der Waals surface area (Å²) in [7, 11) is 1.51. The average Bonchev–Trinajstić information content (AvgIpc) is 2.18. The molecule has 1 fully saturated rings. The molecule has 0 saturated heterocycles. The highest BCUT2D eigenvalue weighted by atomic mass is 16.6. The first-order valence-electron chi connectivity index (χ1n) is 5.77. The van der Waals surface area contributed by atoms with Crippen LogP contribution in [0.3, 0.4) is 0 Å². The Morgan fingerprint density at radius 3 is 2.40 bits per heavy atom. The van der Waals surface area contributed by atoms with Gasteiger partial charge >= 0.3 is 5.97 Å². The molecule has 3 heteroatoms. The smallest absolute Gasteiger partial charge is 0.332 e. The molecule has 0 aromatic rings. The Balaban J connectivity index is 2.45. The molecule has 0 spiro atoms. The molecule has 0 N–H and O–H groups in total. The van der Waals surface area contributed by atoms with E-state index in [1.165, 1.54) is 39.2 Å². The quantitative estimate of drug-likeness (QED) is 0.675. The van der Waals surface area contributed by atoms with Crippen molar-refractivity contribution in [3.8, 4) is 0 Å². The highest BCUT2D eigenvalue weighted by Gasteiger charge is 2.33. The second-order valence-corrected chi connectivity index (χ2v) is 4.85. The largest absolute Gasteiger partial charge is 0.458 e. The summed E-state index contributed by atoms with van der Waals surface area (Å²) in [6.07, 6.45) is 6.19. The van der Waals surface area contributed by atoms with Crippen molar-refractivity contribution in [3.63, 3.8) is 0 Å². The third-order valence-electron chi connectivity index (χ3n) is 3.23. The summed E-state index contributed by atoms with van der Waals surface area (Å²) in [6, 6.07) is 0. The van der Waals surface area contributed by atoms with E-state index in [4.69, 9.17) is 9.47 Å². The summed E-state index contributed by atoms with van der Waals surface area (Å²) in [5.74, 6) is 0.250. The number of carbonyl (C=O) groups excluding carboxylic acids is 1. The molecule has 0 amide bonds. The van der Waals surface area contributed by atoms with Gasteiger partial charge < -0.3 is 9.47 Å². The third kappa shape index (κ3) is 3.82. The van der Waals surface area contributed by atoms with Gasteiger partial charge in [-0.1, -0.05) is 19.3 Å². The lowest BCUT2D eigenvalue weighted by Gasteiger charge is -2.36. The lowest BCUT2D eigenvalue weighted by atomic mass is 9.79. The predicted octanol–water partition coefficient (Wildman–Crippen LogP) is 2.53.